The van der Waals surface area contributed by atoms with Gasteiger partial charge in [-0.3, -0.25) is 4.79 Å². The summed E-state index contributed by atoms with van der Waals surface area (Å²) in [7, 11) is 4.11. The van der Waals surface area contributed by atoms with E-state index in [1.54, 1.807) is 0 Å². The molecule has 0 aromatic carbocycles. The Bertz CT molecular complexity index is 122. The third-order valence-corrected chi connectivity index (χ3v) is 1.17. The molecule has 0 aromatic heterocycles. The van der Waals surface area contributed by atoms with Crippen LogP contribution in [0.4, 0.5) is 0 Å². The highest BCUT2D eigenvalue weighted by molar-refractivity contribution is 5.86. The smallest absolute Gasteiger partial charge is 0.243 e. The summed E-state index contributed by atoms with van der Waals surface area (Å²) >= 11 is 0. The standard InChI is InChI=1S/C5H9NO.C4H11N/c1-3-5(7)6-4-2;1-4-5(2)3/h3H,1,4H2,2H3,(H,6,7);4H2,1-3H3. The minimum absolute atomic E-state index is 0.109. The van der Waals surface area contributed by atoms with E-state index in [9.17, 15) is 4.79 Å². The Labute approximate surface area is 75.4 Å². The summed E-state index contributed by atoms with van der Waals surface area (Å²) in [6, 6.07) is 0. The molecule has 0 rings (SSSR count). The molecule has 0 fully saturated rings. The average Bonchev–Trinajstić information content (AvgIpc) is 2.06. The van der Waals surface area contributed by atoms with Crippen molar-refractivity contribution >= 4 is 5.91 Å². The van der Waals surface area contributed by atoms with Gasteiger partial charge in [0.1, 0.15) is 0 Å². The molecule has 72 valence electrons. The van der Waals surface area contributed by atoms with Crippen molar-refractivity contribution in [1.82, 2.24) is 10.2 Å². The second-order valence-electron chi connectivity index (χ2n) is 2.49. The van der Waals surface area contributed by atoms with Crippen molar-refractivity contribution in [2.45, 2.75) is 13.8 Å². The van der Waals surface area contributed by atoms with Crippen LogP contribution in [0, 0.1) is 0 Å². The maximum Gasteiger partial charge on any atom is 0.243 e. The number of hydrogen-bond donors (Lipinski definition) is 1. The first-order valence-electron chi connectivity index (χ1n) is 4.13. The Morgan fingerprint density at radius 1 is 1.50 bits per heavy atom. The lowest BCUT2D eigenvalue weighted by molar-refractivity contribution is -0.116. The van der Waals surface area contributed by atoms with Gasteiger partial charge in [0.25, 0.3) is 0 Å². The summed E-state index contributed by atoms with van der Waals surface area (Å²) in [5, 5.41) is 2.54. The van der Waals surface area contributed by atoms with Crippen LogP contribution in [0.1, 0.15) is 13.8 Å². The van der Waals surface area contributed by atoms with Gasteiger partial charge in [0.2, 0.25) is 5.91 Å². The van der Waals surface area contributed by atoms with E-state index in [4.69, 9.17) is 0 Å². The zero-order valence-electron chi connectivity index (χ0n) is 8.55. The van der Waals surface area contributed by atoms with Crippen LogP contribution in [-0.4, -0.2) is 38.0 Å². The maximum absolute atomic E-state index is 10.2. The third-order valence-electron chi connectivity index (χ3n) is 1.17. The highest BCUT2D eigenvalue weighted by Gasteiger charge is 1.83. The zero-order valence-corrected chi connectivity index (χ0v) is 8.55. The topological polar surface area (TPSA) is 32.3 Å². The molecular formula is C9H20N2O. The van der Waals surface area contributed by atoms with E-state index >= 15 is 0 Å². The summed E-state index contributed by atoms with van der Waals surface area (Å²) in [4.78, 5) is 12.3. The molecular weight excluding hydrogens is 152 g/mol. The highest BCUT2D eigenvalue weighted by atomic mass is 16.1. The molecule has 12 heavy (non-hydrogen) atoms. The Hall–Kier alpha value is -0.830. The van der Waals surface area contributed by atoms with Crippen LogP contribution in [0.15, 0.2) is 12.7 Å². The predicted octanol–water partition coefficient (Wildman–Crippen LogP) is 0.876. The fraction of sp³-hybridized carbons (Fsp3) is 0.667. The van der Waals surface area contributed by atoms with Gasteiger partial charge in [0.15, 0.2) is 0 Å². The van der Waals surface area contributed by atoms with E-state index < -0.39 is 0 Å². The molecule has 0 aliphatic heterocycles. The Balaban J connectivity index is 0. The number of nitrogens with one attached hydrogen (secondary N) is 1. The molecule has 0 atom stereocenters. The van der Waals surface area contributed by atoms with Crippen molar-refractivity contribution in [3.63, 3.8) is 0 Å². The lowest BCUT2D eigenvalue weighted by atomic mass is 10.6. The van der Waals surface area contributed by atoms with E-state index in [1.165, 1.54) is 6.08 Å². The lowest BCUT2D eigenvalue weighted by Gasteiger charge is -2.00. The molecule has 0 aliphatic rings. The predicted molar refractivity (Wildman–Crippen MR) is 53.1 cm³/mol. The monoisotopic (exact) mass is 172 g/mol. The zero-order chi connectivity index (χ0) is 9.98. The summed E-state index contributed by atoms with van der Waals surface area (Å²) in [6.07, 6.45) is 1.25. The normalized spacial score (nSPS) is 8.42. The van der Waals surface area contributed by atoms with Crippen molar-refractivity contribution in [3.8, 4) is 0 Å². The number of carbonyl (C=O) groups is 1. The largest absolute Gasteiger partial charge is 0.353 e. The number of likely N-dealkylation sites (N-methyl/N-ethyl adjacent to an activating group) is 1. The van der Waals surface area contributed by atoms with E-state index in [0.717, 1.165) is 6.54 Å². The van der Waals surface area contributed by atoms with Crippen molar-refractivity contribution < 1.29 is 4.79 Å². The minimum atomic E-state index is -0.109. The molecule has 0 heterocycles. The van der Waals surface area contributed by atoms with Gasteiger partial charge < -0.3 is 10.2 Å². The van der Waals surface area contributed by atoms with E-state index in [-0.39, 0.29) is 5.91 Å². The number of nitrogens with zero attached hydrogens (tertiary/aromatic N) is 1. The fourth-order valence-electron chi connectivity index (χ4n) is 0.246. The summed E-state index contributed by atoms with van der Waals surface area (Å²) in [6.45, 7) is 9.07. The summed E-state index contributed by atoms with van der Waals surface area (Å²) in [5.74, 6) is -0.109. The molecule has 0 saturated carbocycles. The molecule has 0 radical (unpaired) electrons. The van der Waals surface area contributed by atoms with Gasteiger partial charge in [-0.25, -0.2) is 0 Å². The first-order valence-corrected chi connectivity index (χ1v) is 4.13. The van der Waals surface area contributed by atoms with Crippen molar-refractivity contribution in [2.75, 3.05) is 27.2 Å². The molecule has 0 unspecified atom stereocenters. The summed E-state index contributed by atoms with van der Waals surface area (Å²) in [5.41, 5.74) is 0. The Morgan fingerprint density at radius 2 is 1.92 bits per heavy atom. The number of hydrogen-bond acceptors (Lipinski definition) is 2. The van der Waals surface area contributed by atoms with E-state index in [2.05, 4.69) is 37.8 Å². The average molecular weight is 172 g/mol. The molecule has 0 saturated heterocycles. The molecule has 1 N–H and O–H groups in total. The Morgan fingerprint density at radius 3 is 2.00 bits per heavy atom. The van der Waals surface area contributed by atoms with Gasteiger partial charge in [0, 0.05) is 6.54 Å². The van der Waals surface area contributed by atoms with Gasteiger partial charge in [-0.05, 0) is 33.6 Å². The molecule has 0 aliphatic carbocycles. The number of amides is 1. The first kappa shape index (κ1) is 13.7. The molecule has 0 aromatic rings. The fourth-order valence-corrected chi connectivity index (χ4v) is 0.246. The van der Waals surface area contributed by atoms with E-state index in [1.807, 2.05) is 6.92 Å². The second kappa shape index (κ2) is 10.2. The van der Waals surface area contributed by atoms with E-state index in [0.29, 0.717) is 6.54 Å². The molecule has 1 amide bonds. The van der Waals surface area contributed by atoms with Crippen LogP contribution >= 0.6 is 0 Å². The van der Waals surface area contributed by atoms with Crippen LogP contribution in [-0.2, 0) is 4.79 Å². The van der Waals surface area contributed by atoms with Gasteiger partial charge in [-0.15, -0.1) is 0 Å². The second-order valence-corrected chi connectivity index (χ2v) is 2.49. The maximum atomic E-state index is 10.2. The van der Waals surface area contributed by atoms with Gasteiger partial charge >= 0.3 is 0 Å². The first-order chi connectivity index (χ1) is 5.58. The Kier molecular flexibility index (Phi) is 11.6. The van der Waals surface area contributed by atoms with Crippen molar-refractivity contribution in [1.29, 1.82) is 0 Å². The SMILES string of the molecule is C=CC(=O)NCC.CCN(C)C. The van der Waals surface area contributed by atoms with Crippen LogP contribution in [0.2, 0.25) is 0 Å². The van der Waals surface area contributed by atoms with Crippen LogP contribution in [0.25, 0.3) is 0 Å². The molecule has 3 heteroatoms. The van der Waals surface area contributed by atoms with Crippen molar-refractivity contribution in [3.05, 3.63) is 12.7 Å². The van der Waals surface area contributed by atoms with Gasteiger partial charge in [0.05, 0.1) is 0 Å². The van der Waals surface area contributed by atoms with Crippen LogP contribution < -0.4 is 5.32 Å². The molecule has 3 nitrogen and oxygen atoms in total. The summed E-state index contributed by atoms with van der Waals surface area (Å²) < 4.78 is 0. The van der Waals surface area contributed by atoms with Crippen LogP contribution in [0.3, 0.4) is 0 Å². The quantitative estimate of drug-likeness (QED) is 0.641. The molecule has 0 spiro atoms. The highest BCUT2D eigenvalue weighted by Crippen LogP contribution is 1.63. The van der Waals surface area contributed by atoms with Gasteiger partial charge in [-0.2, -0.15) is 0 Å². The van der Waals surface area contributed by atoms with Gasteiger partial charge in [-0.1, -0.05) is 13.5 Å². The van der Waals surface area contributed by atoms with Crippen molar-refractivity contribution in [2.24, 2.45) is 0 Å². The van der Waals surface area contributed by atoms with Crippen LogP contribution in [0.5, 0.6) is 0 Å². The number of carbonyl (C=O) groups excluding carboxylic acids is 1. The third kappa shape index (κ3) is 16.1. The number of rotatable bonds is 3. The minimum Gasteiger partial charge on any atom is -0.353 e. The lowest BCUT2D eigenvalue weighted by Crippen LogP contribution is -2.19. The molecule has 0 bridgehead atoms.